The molecule has 0 nitrogen and oxygen atoms in total. The molecule has 0 radical (unpaired) electrons. The average molecular weight is 370 g/mol. The van der Waals surface area contributed by atoms with E-state index in [1.54, 1.807) is 0 Å². The summed E-state index contributed by atoms with van der Waals surface area (Å²) in [5, 5.41) is 1.54. The predicted molar refractivity (Wildman–Crippen MR) is 93.6 cm³/mol. The first kappa shape index (κ1) is 14.0. The van der Waals surface area contributed by atoms with Gasteiger partial charge in [-0.15, -0.1) is 0 Å². The molecule has 2 heteroatoms. The second kappa shape index (κ2) is 5.30. The predicted octanol–water partition coefficient (Wildman–Crippen LogP) is 5.07. The third kappa shape index (κ3) is 2.95. The molecule has 0 spiro atoms. The van der Waals surface area contributed by atoms with E-state index in [1.165, 1.54) is 23.2 Å². The normalized spacial score (nSPS) is 13.8. The Morgan fingerprint density at radius 3 is 1.89 bits per heavy atom. The van der Waals surface area contributed by atoms with Gasteiger partial charge in [0.25, 0.3) is 0 Å². The van der Waals surface area contributed by atoms with Crippen LogP contribution in [0.25, 0.3) is 0 Å². The molecule has 0 bridgehead atoms. The van der Waals surface area contributed by atoms with Crippen molar-refractivity contribution in [3.8, 4) is 0 Å². The Balaban J connectivity index is 2.41. The molecule has 0 heterocycles. The fraction of sp³-hybridized carbons (Fsp3) is 0.250. The Labute approximate surface area is 123 Å². The molecule has 0 fully saturated rings. The van der Waals surface area contributed by atoms with Crippen LogP contribution < -0.4 is 5.30 Å². The van der Waals surface area contributed by atoms with Crippen molar-refractivity contribution in [3.63, 3.8) is 0 Å². The van der Waals surface area contributed by atoms with E-state index in [9.17, 15) is 0 Å². The molecule has 0 N–H and O–H groups in total. The van der Waals surface area contributed by atoms with Crippen LogP contribution >= 0.6 is 26.3 Å². The topological polar surface area (TPSA) is 0 Å². The summed E-state index contributed by atoms with van der Waals surface area (Å²) in [6, 6.07) is 21.9. The maximum absolute atomic E-state index is 2.77. The van der Waals surface area contributed by atoms with Gasteiger partial charge in [-0.2, -0.15) is 0 Å². The van der Waals surface area contributed by atoms with Crippen LogP contribution in [-0.2, 0) is 6.16 Å². The number of hydrogen-bond donors (Lipinski definition) is 0. The molecular formula is C16H20IP. The summed E-state index contributed by atoms with van der Waals surface area (Å²) in [6.07, 6.45) is 2.43. The monoisotopic (exact) mass is 370 g/mol. The summed E-state index contributed by atoms with van der Waals surface area (Å²) in [5.41, 5.74) is 1.46. The van der Waals surface area contributed by atoms with Crippen LogP contribution in [0.15, 0.2) is 60.7 Å². The van der Waals surface area contributed by atoms with Crippen LogP contribution in [0.5, 0.6) is 0 Å². The van der Waals surface area contributed by atoms with Crippen molar-refractivity contribution >= 4 is 31.6 Å². The van der Waals surface area contributed by atoms with E-state index < -0.39 is 4.25 Å². The Hall–Kier alpha value is -0.400. The first-order valence-electron chi connectivity index (χ1n) is 6.35. The minimum absolute atomic E-state index is 1.19. The van der Waals surface area contributed by atoms with Crippen molar-refractivity contribution in [1.82, 2.24) is 0 Å². The Bertz CT molecular complexity index is 505. The average Bonchev–Trinajstić information content (AvgIpc) is 2.41. The summed E-state index contributed by atoms with van der Waals surface area (Å²) < 4.78 is -1.85. The van der Waals surface area contributed by atoms with Crippen molar-refractivity contribution in [2.45, 2.75) is 13.1 Å². The van der Waals surface area contributed by atoms with Gasteiger partial charge in [-0.05, 0) is 0 Å². The zero-order valence-corrected chi connectivity index (χ0v) is 14.1. The van der Waals surface area contributed by atoms with E-state index in [0.717, 1.165) is 0 Å². The standard InChI is InChI=1S/C16H20IP/c1-3-18(2,17,16-12-8-5-9-13-16)14-15-10-6-4-7-11-15/h4-13H,3,14H2,1-2H3. The van der Waals surface area contributed by atoms with E-state index in [-0.39, 0.29) is 0 Å². The third-order valence-electron chi connectivity index (χ3n) is 3.73. The summed E-state index contributed by atoms with van der Waals surface area (Å²) >= 11 is 2.77. The molecule has 0 saturated heterocycles. The zero-order chi connectivity index (χ0) is 13.1. The first-order valence-corrected chi connectivity index (χ1v) is 12.2. The summed E-state index contributed by atoms with van der Waals surface area (Å²) in [6.45, 7) is 4.83. The summed E-state index contributed by atoms with van der Waals surface area (Å²) in [5.74, 6) is 0. The van der Waals surface area contributed by atoms with Crippen molar-refractivity contribution in [2.75, 3.05) is 12.8 Å². The molecule has 18 heavy (non-hydrogen) atoms. The molecule has 0 unspecified atom stereocenters. The van der Waals surface area contributed by atoms with Crippen LogP contribution in [0.1, 0.15) is 12.5 Å². The van der Waals surface area contributed by atoms with Crippen molar-refractivity contribution < 1.29 is 0 Å². The Kier molecular flexibility index (Phi) is 4.13. The van der Waals surface area contributed by atoms with Crippen LogP contribution in [0.4, 0.5) is 0 Å². The van der Waals surface area contributed by atoms with Gasteiger partial charge < -0.3 is 0 Å². The first-order chi connectivity index (χ1) is 8.53. The number of benzene rings is 2. The molecular weight excluding hydrogens is 350 g/mol. The van der Waals surface area contributed by atoms with Gasteiger partial charge in [0, 0.05) is 0 Å². The van der Waals surface area contributed by atoms with Gasteiger partial charge in [0.1, 0.15) is 0 Å². The second-order valence-electron chi connectivity index (χ2n) is 5.18. The van der Waals surface area contributed by atoms with Crippen LogP contribution in [-0.4, -0.2) is 12.8 Å². The zero-order valence-electron chi connectivity index (χ0n) is 11.0. The van der Waals surface area contributed by atoms with Crippen molar-refractivity contribution in [1.29, 1.82) is 0 Å². The van der Waals surface area contributed by atoms with E-state index in [2.05, 4.69) is 96.3 Å². The maximum atomic E-state index is 2.77. The summed E-state index contributed by atoms with van der Waals surface area (Å²) in [7, 11) is 0. The Morgan fingerprint density at radius 2 is 1.39 bits per heavy atom. The van der Waals surface area contributed by atoms with Gasteiger partial charge in [0.15, 0.2) is 0 Å². The van der Waals surface area contributed by atoms with Gasteiger partial charge in [-0.25, -0.2) is 0 Å². The second-order valence-corrected chi connectivity index (χ2v) is 18.9. The molecule has 0 amide bonds. The summed E-state index contributed by atoms with van der Waals surface area (Å²) in [4.78, 5) is 0. The van der Waals surface area contributed by atoms with E-state index in [0.29, 0.717) is 0 Å². The van der Waals surface area contributed by atoms with Crippen LogP contribution in [0, 0.1) is 0 Å². The quantitative estimate of drug-likeness (QED) is 0.521. The molecule has 96 valence electrons. The van der Waals surface area contributed by atoms with E-state index >= 15 is 0 Å². The number of rotatable bonds is 4. The van der Waals surface area contributed by atoms with Crippen LogP contribution in [0.3, 0.4) is 0 Å². The van der Waals surface area contributed by atoms with E-state index in [1.807, 2.05) is 0 Å². The number of halogens is 1. The van der Waals surface area contributed by atoms with Gasteiger partial charge in [0.2, 0.25) is 0 Å². The minimum atomic E-state index is -1.85. The van der Waals surface area contributed by atoms with Gasteiger partial charge in [-0.1, -0.05) is 0 Å². The molecule has 0 aliphatic heterocycles. The van der Waals surface area contributed by atoms with Crippen molar-refractivity contribution in [3.05, 3.63) is 66.2 Å². The number of hydrogen-bond acceptors (Lipinski definition) is 0. The SMILES string of the molecule is CCP(C)(I)(Cc1ccccc1)c1ccccc1. The fourth-order valence-electron chi connectivity index (χ4n) is 2.29. The molecule has 0 aliphatic carbocycles. The molecule has 2 aromatic carbocycles. The van der Waals surface area contributed by atoms with E-state index in [4.69, 9.17) is 0 Å². The van der Waals surface area contributed by atoms with Crippen LogP contribution in [0.2, 0.25) is 0 Å². The molecule has 0 saturated carbocycles. The third-order valence-corrected chi connectivity index (χ3v) is 13.0. The van der Waals surface area contributed by atoms with Gasteiger partial charge in [-0.3, -0.25) is 0 Å². The molecule has 2 rings (SSSR count). The Morgan fingerprint density at radius 1 is 0.889 bits per heavy atom. The molecule has 0 aliphatic rings. The van der Waals surface area contributed by atoms with Gasteiger partial charge in [0.05, 0.1) is 0 Å². The van der Waals surface area contributed by atoms with Crippen molar-refractivity contribution in [2.24, 2.45) is 0 Å². The molecule has 0 aromatic heterocycles. The van der Waals surface area contributed by atoms with Gasteiger partial charge >= 0.3 is 124 Å². The fourth-order valence-corrected chi connectivity index (χ4v) is 7.36. The molecule has 0 atom stereocenters. The molecule has 2 aromatic rings.